The van der Waals surface area contributed by atoms with E-state index in [0.717, 1.165) is 5.69 Å². The Bertz CT molecular complexity index is 922. The van der Waals surface area contributed by atoms with Crippen molar-refractivity contribution in [1.82, 2.24) is 10.4 Å². The number of benzene rings is 2. The zero-order valence-electron chi connectivity index (χ0n) is 17.4. The maximum atomic E-state index is 12.4. The van der Waals surface area contributed by atoms with Gasteiger partial charge in [0.2, 0.25) is 0 Å². The number of hydrogen-bond donors (Lipinski definition) is 4. The van der Waals surface area contributed by atoms with Crippen LogP contribution >= 0.6 is 0 Å². The van der Waals surface area contributed by atoms with E-state index in [4.69, 9.17) is 4.74 Å². The summed E-state index contributed by atoms with van der Waals surface area (Å²) in [6.45, 7) is -0.895. The summed E-state index contributed by atoms with van der Waals surface area (Å²) in [7, 11) is 3.74. The fraction of sp³-hybridized carbons (Fsp3) is 0.364. The minimum Gasteiger partial charge on any atom is -0.387 e. The van der Waals surface area contributed by atoms with Crippen LogP contribution < -0.4 is 10.2 Å². The number of carbonyl (C=O) groups excluding carboxylic acids is 2. The Morgan fingerprint density at radius 3 is 2.48 bits per heavy atom. The van der Waals surface area contributed by atoms with Gasteiger partial charge in [0.1, 0.15) is 17.8 Å². The highest BCUT2D eigenvalue weighted by Crippen LogP contribution is 2.26. The Hall–Kier alpha value is -2.98. The van der Waals surface area contributed by atoms with Gasteiger partial charge in [-0.15, -0.1) is 0 Å². The Kier molecular flexibility index (Phi) is 6.91. The molecule has 9 heteroatoms. The van der Waals surface area contributed by atoms with Crippen LogP contribution in [0.2, 0.25) is 0 Å². The van der Waals surface area contributed by atoms with Gasteiger partial charge in [-0.05, 0) is 30.3 Å². The van der Waals surface area contributed by atoms with E-state index in [0.29, 0.717) is 10.6 Å². The second-order valence-electron chi connectivity index (χ2n) is 7.78. The average Bonchev–Trinajstić information content (AvgIpc) is 3.05. The highest BCUT2D eigenvalue weighted by Gasteiger charge is 2.49. The van der Waals surface area contributed by atoms with Crippen LogP contribution in [-0.4, -0.2) is 83.9 Å². The van der Waals surface area contributed by atoms with E-state index in [1.807, 2.05) is 25.1 Å². The van der Waals surface area contributed by atoms with Gasteiger partial charge in [-0.25, -0.2) is 5.06 Å². The van der Waals surface area contributed by atoms with Gasteiger partial charge >= 0.3 is 0 Å². The summed E-state index contributed by atoms with van der Waals surface area (Å²) in [6, 6.07) is 15.1. The molecule has 31 heavy (non-hydrogen) atoms. The molecule has 0 aliphatic carbocycles. The lowest BCUT2D eigenvalue weighted by Crippen LogP contribution is -2.54. The van der Waals surface area contributed by atoms with Crippen molar-refractivity contribution >= 4 is 17.5 Å². The van der Waals surface area contributed by atoms with Crippen LogP contribution in [0.3, 0.4) is 0 Å². The number of nitrogens with one attached hydrogen (secondary N) is 1. The number of hydroxylamine groups is 2. The first kappa shape index (κ1) is 22.7. The fourth-order valence-electron chi connectivity index (χ4n) is 3.37. The predicted octanol–water partition coefficient (Wildman–Crippen LogP) is 0.505. The molecule has 2 aromatic carbocycles. The van der Waals surface area contributed by atoms with Crippen molar-refractivity contribution in [3.05, 3.63) is 65.7 Å². The zero-order chi connectivity index (χ0) is 22.6. The predicted molar refractivity (Wildman–Crippen MR) is 113 cm³/mol. The molecule has 2 aromatic rings. The average molecular weight is 429 g/mol. The van der Waals surface area contributed by atoms with Crippen LogP contribution in [-0.2, 0) is 4.74 Å². The molecule has 0 spiro atoms. The molecule has 4 N–H and O–H groups in total. The van der Waals surface area contributed by atoms with Crippen LogP contribution in [0.5, 0.6) is 0 Å². The molecule has 1 fully saturated rings. The minimum atomic E-state index is -1.88. The van der Waals surface area contributed by atoms with Gasteiger partial charge in [-0.1, -0.05) is 24.3 Å². The summed E-state index contributed by atoms with van der Waals surface area (Å²) < 4.78 is 5.44. The van der Waals surface area contributed by atoms with Crippen LogP contribution in [0.4, 0.5) is 5.69 Å². The van der Waals surface area contributed by atoms with Crippen molar-refractivity contribution < 1.29 is 29.7 Å². The summed E-state index contributed by atoms with van der Waals surface area (Å²) in [6.07, 6.45) is -2.31. The quantitative estimate of drug-likeness (QED) is 0.374. The Morgan fingerprint density at radius 2 is 1.81 bits per heavy atom. The summed E-state index contributed by atoms with van der Waals surface area (Å²) in [5.41, 5.74) is -0.320. The van der Waals surface area contributed by atoms with Gasteiger partial charge < -0.3 is 25.2 Å². The third kappa shape index (κ3) is 5.20. The van der Waals surface area contributed by atoms with Gasteiger partial charge in [-0.3, -0.25) is 14.8 Å². The number of anilines is 1. The summed E-state index contributed by atoms with van der Waals surface area (Å²) >= 11 is 0. The molecule has 1 saturated heterocycles. The molecule has 0 aromatic heterocycles. The number of nitrogens with zero attached hydrogens (tertiary/aromatic N) is 2. The maximum absolute atomic E-state index is 12.4. The molecule has 9 nitrogen and oxygen atoms in total. The van der Waals surface area contributed by atoms with Gasteiger partial charge in [-0.2, -0.15) is 0 Å². The largest absolute Gasteiger partial charge is 0.387 e. The zero-order valence-corrected chi connectivity index (χ0v) is 17.4. The summed E-state index contributed by atoms with van der Waals surface area (Å²) in [4.78, 5) is 26.6. The highest BCUT2D eigenvalue weighted by molar-refractivity contribution is 5.95. The first-order valence-corrected chi connectivity index (χ1v) is 9.85. The normalized spacial score (nSPS) is 22.7. The van der Waals surface area contributed by atoms with E-state index in [9.17, 15) is 25.0 Å². The third-order valence-electron chi connectivity index (χ3n) is 5.22. The van der Waals surface area contributed by atoms with Crippen LogP contribution in [0.15, 0.2) is 54.6 Å². The molecule has 1 heterocycles. The van der Waals surface area contributed by atoms with Gasteiger partial charge in [0.15, 0.2) is 0 Å². The van der Waals surface area contributed by atoms with Gasteiger partial charge in [0.05, 0.1) is 13.2 Å². The lowest BCUT2D eigenvalue weighted by Gasteiger charge is -2.29. The number of ether oxygens (including phenoxy) is 1. The maximum Gasteiger partial charge on any atom is 0.277 e. The van der Waals surface area contributed by atoms with Crippen molar-refractivity contribution in [2.75, 3.05) is 38.7 Å². The summed E-state index contributed by atoms with van der Waals surface area (Å²) in [5.74, 6) is -1.06. The summed E-state index contributed by atoms with van der Waals surface area (Å²) in [5, 5.41) is 34.4. The smallest absolute Gasteiger partial charge is 0.277 e. The van der Waals surface area contributed by atoms with Crippen molar-refractivity contribution in [2.45, 2.75) is 17.8 Å². The van der Waals surface area contributed by atoms with Crippen molar-refractivity contribution in [3.8, 4) is 0 Å². The molecule has 166 valence electrons. The Labute approximate surface area is 180 Å². The molecule has 0 unspecified atom stereocenters. The molecular weight excluding hydrogens is 402 g/mol. The van der Waals surface area contributed by atoms with Crippen molar-refractivity contribution in [2.24, 2.45) is 0 Å². The number of amides is 2. The Balaban J connectivity index is 1.57. The van der Waals surface area contributed by atoms with Crippen LogP contribution in [0.25, 0.3) is 0 Å². The van der Waals surface area contributed by atoms with E-state index in [1.54, 1.807) is 36.4 Å². The van der Waals surface area contributed by atoms with Gasteiger partial charge in [0, 0.05) is 37.5 Å². The van der Waals surface area contributed by atoms with Gasteiger partial charge in [0.25, 0.3) is 11.8 Å². The fourth-order valence-corrected chi connectivity index (χ4v) is 3.37. The molecule has 1 aliphatic heterocycles. The van der Waals surface area contributed by atoms with E-state index in [2.05, 4.69) is 5.32 Å². The van der Waals surface area contributed by atoms with E-state index in [1.165, 1.54) is 12.1 Å². The molecule has 3 rings (SSSR count). The van der Waals surface area contributed by atoms with E-state index < -0.39 is 30.3 Å². The molecule has 0 saturated carbocycles. The van der Waals surface area contributed by atoms with Crippen LogP contribution in [0, 0.1) is 0 Å². The number of carbonyl (C=O) groups is 2. The van der Waals surface area contributed by atoms with E-state index >= 15 is 0 Å². The van der Waals surface area contributed by atoms with Crippen molar-refractivity contribution in [3.63, 3.8) is 0 Å². The first-order chi connectivity index (χ1) is 14.7. The second kappa shape index (κ2) is 9.44. The molecule has 0 radical (unpaired) electrons. The van der Waals surface area contributed by atoms with E-state index in [-0.39, 0.29) is 24.6 Å². The Morgan fingerprint density at radius 1 is 1.13 bits per heavy atom. The molecular formula is C22H27N3O6. The standard InChI is InChI=1S/C22H27N3O6/c1-24(2)17-10-6-9-16(11-17)20(27)23-12-18-19(26)22(29,14-31-18)13-25(30)21(28)15-7-4-3-5-8-15/h3-11,18-19,26,29-30H,12-14H2,1-2H3,(H,23,27)/t18-,19-,22+/m1/s1. The third-order valence-corrected chi connectivity index (χ3v) is 5.22. The number of hydrogen-bond acceptors (Lipinski definition) is 7. The number of aliphatic hydroxyl groups is 2. The monoisotopic (exact) mass is 429 g/mol. The second-order valence-corrected chi connectivity index (χ2v) is 7.78. The first-order valence-electron chi connectivity index (χ1n) is 9.85. The highest BCUT2D eigenvalue weighted by atomic mass is 16.5. The van der Waals surface area contributed by atoms with Crippen molar-refractivity contribution in [1.29, 1.82) is 0 Å². The molecule has 2 amide bonds. The van der Waals surface area contributed by atoms with Crippen LogP contribution in [0.1, 0.15) is 20.7 Å². The molecule has 3 atom stereocenters. The number of rotatable bonds is 7. The minimum absolute atomic E-state index is 0.0490. The topological polar surface area (TPSA) is 123 Å². The molecule has 1 aliphatic rings. The SMILES string of the molecule is CN(C)c1cccc(C(=O)NC[C@H]2OC[C@@](O)(CN(O)C(=O)c3ccccc3)[C@@H]2O)c1. The lowest BCUT2D eigenvalue weighted by molar-refractivity contribution is -0.133. The lowest BCUT2D eigenvalue weighted by atomic mass is 9.96. The molecule has 0 bridgehead atoms. The number of aliphatic hydroxyl groups excluding tert-OH is 1.